The number of aromatic nitrogens is 1. The molecule has 0 aliphatic heterocycles. The van der Waals surface area contributed by atoms with Gasteiger partial charge in [-0.1, -0.05) is 54.6 Å². The van der Waals surface area contributed by atoms with Crippen LogP contribution in [0.5, 0.6) is 5.75 Å². The Labute approximate surface area is 208 Å². The SMILES string of the molecule is COC(=O)[C@H](COc1cccc2c1ccn2S(=O)(=O)c1ccccc1)NC(=O)OCc1ccccc1. The zero-order chi connectivity index (χ0) is 25.5. The fraction of sp³-hybridized carbons (Fsp3) is 0.154. The highest BCUT2D eigenvalue weighted by molar-refractivity contribution is 7.90. The van der Waals surface area contributed by atoms with Crippen LogP contribution in [0.1, 0.15) is 5.56 Å². The lowest BCUT2D eigenvalue weighted by atomic mass is 10.2. The quantitative estimate of drug-likeness (QED) is 0.343. The molecule has 0 bridgehead atoms. The first-order valence-corrected chi connectivity index (χ1v) is 12.4. The van der Waals surface area contributed by atoms with Gasteiger partial charge in [-0.25, -0.2) is 22.0 Å². The first kappa shape index (κ1) is 24.8. The molecule has 1 heterocycles. The largest absolute Gasteiger partial charge is 0.490 e. The molecule has 1 N–H and O–H groups in total. The van der Waals surface area contributed by atoms with Crippen LogP contribution < -0.4 is 10.1 Å². The Hall–Kier alpha value is -4.31. The Morgan fingerprint density at radius 1 is 0.917 bits per heavy atom. The van der Waals surface area contributed by atoms with Crippen molar-refractivity contribution < 1.29 is 32.2 Å². The Balaban J connectivity index is 1.48. The molecule has 0 saturated carbocycles. The van der Waals surface area contributed by atoms with Gasteiger partial charge in [-0.05, 0) is 35.9 Å². The monoisotopic (exact) mass is 508 g/mol. The van der Waals surface area contributed by atoms with E-state index in [0.29, 0.717) is 16.7 Å². The van der Waals surface area contributed by atoms with Gasteiger partial charge in [-0.15, -0.1) is 0 Å². The van der Waals surface area contributed by atoms with E-state index in [1.54, 1.807) is 54.6 Å². The third-order valence-electron chi connectivity index (χ3n) is 5.35. The molecule has 0 radical (unpaired) electrons. The number of hydrogen-bond acceptors (Lipinski definition) is 7. The number of amides is 1. The molecule has 0 aliphatic carbocycles. The average molecular weight is 509 g/mol. The third kappa shape index (κ3) is 5.49. The second-order valence-electron chi connectivity index (χ2n) is 7.71. The summed E-state index contributed by atoms with van der Waals surface area (Å²) >= 11 is 0. The van der Waals surface area contributed by atoms with E-state index >= 15 is 0 Å². The van der Waals surface area contributed by atoms with E-state index in [2.05, 4.69) is 5.32 Å². The maximum atomic E-state index is 13.1. The smallest absolute Gasteiger partial charge is 0.408 e. The van der Waals surface area contributed by atoms with Crippen LogP contribution in [0, 0.1) is 0 Å². The van der Waals surface area contributed by atoms with E-state index in [1.165, 1.54) is 29.4 Å². The number of esters is 1. The van der Waals surface area contributed by atoms with Gasteiger partial charge in [0.15, 0.2) is 6.04 Å². The standard InChI is InChI=1S/C26H24N2O7S/c1-33-25(29)22(27-26(30)35-17-19-9-4-2-5-10-19)18-34-24-14-8-13-23-21(24)15-16-28(23)36(31,32)20-11-6-3-7-12-20/h2-16,22H,17-18H2,1H3,(H,27,30)/t22-/m0/s1. The van der Waals surface area contributed by atoms with Crippen molar-refractivity contribution in [1.29, 1.82) is 0 Å². The molecule has 0 spiro atoms. The molecule has 4 aromatic rings. The molecule has 3 aromatic carbocycles. The topological polar surface area (TPSA) is 113 Å². The van der Waals surface area contributed by atoms with Gasteiger partial charge in [-0.3, -0.25) is 0 Å². The number of nitrogens with zero attached hydrogens (tertiary/aromatic N) is 1. The van der Waals surface area contributed by atoms with E-state index in [0.717, 1.165) is 5.56 Å². The van der Waals surface area contributed by atoms with Crippen molar-refractivity contribution >= 4 is 33.0 Å². The molecular weight excluding hydrogens is 484 g/mol. The summed E-state index contributed by atoms with van der Waals surface area (Å²) in [5.41, 5.74) is 1.20. The number of carbonyl (C=O) groups excluding carboxylic acids is 2. The summed E-state index contributed by atoms with van der Waals surface area (Å²) in [5, 5.41) is 2.97. The van der Waals surface area contributed by atoms with E-state index in [4.69, 9.17) is 14.2 Å². The fourth-order valence-electron chi connectivity index (χ4n) is 3.55. The molecule has 186 valence electrons. The Morgan fingerprint density at radius 3 is 2.31 bits per heavy atom. The van der Waals surface area contributed by atoms with Gasteiger partial charge in [0.2, 0.25) is 0 Å². The fourth-order valence-corrected chi connectivity index (χ4v) is 4.91. The molecule has 9 nitrogen and oxygen atoms in total. The molecule has 0 saturated heterocycles. The van der Waals surface area contributed by atoms with Gasteiger partial charge >= 0.3 is 12.1 Å². The van der Waals surface area contributed by atoms with Crippen molar-refractivity contribution in [2.75, 3.05) is 13.7 Å². The average Bonchev–Trinajstić information content (AvgIpc) is 3.36. The van der Waals surface area contributed by atoms with E-state index < -0.39 is 28.1 Å². The number of rotatable bonds is 9. The number of hydrogen-bond donors (Lipinski definition) is 1. The molecule has 1 amide bonds. The molecule has 4 rings (SSSR count). The highest BCUT2D eigenvalue weighted by Crippen LogP contribution is 2.29. The van der Waals surface area contributed by atoms with Crippen LogP contribution in [0.3, 0.4) is 0 Å². The summed E-state index contributed by atoms with van der Waals surface area (Å²) in [5.74, 6) is -0.383. The molecule has 10 heteroatoms. The number of benzene rings is 3. The lowest BCUT2D eigenvalue weighted by Crippen LogP contribution is -2.45. The summed E-state index contributed by atoms with van der Waals surface area (Å²) in [6, 6.07) is 22.6. The lowest BCUT2D eigenvalue weighted by molar-refractivity contribution is -0.143. The van der Waals surface area contributed by atoms with Crippen LogP contribution in [0.15, 0.2) is 96.0 Å². The predicted octanol–water partition coefficient (Wildman–Crippen LogP) is 3.73. The normalized spacial score (nSPS) is 12.0. The maximum Gasteiger partial charge on any atom is 0.408 e. The van der Waals surface area contributed by atoms with Crippen LogP contribution in [0.4, 0.5) is 4.79 Å². The van der Waals surface area contributed by atoms with Crippen LogP contribution in [-0.4, -0.2) is 44.2 Å². The first-order chi connectivity index (χ1) is 17.4. The number of alkyl carbamates (subject to hydrolysis) is 1. The molecule has 0 fully saturated rings. The minimum Gasteiger partial charge on any atom is -0.490 e. The summed E-state index contributed by atoms with van der Waals surface area (Å²) in [7, 11) is -2.62. The summed E-state index contributed by atoms with van der Waals surface area (Å²) in [4.78, 5) is 24.6. The van der Waals surface area contributed by atoms with Gasteiger partial charge in [0.1, 0.15) is 19.0 Å². The second-order valence-corrected chi connectivity index (χ2v) is 9.53. The number of carbonyl (C=O) groups is 2. The Kier molecular flexibility index (Phi) is 7.55. The number of nitrogens with one attached hydrogen (secondary N) is 1. The highest BCUT2D eigenvalue weighted by atomic mass is 32.2. The molecule has 1 aromatic heterocycles. The summed E-state index contributed by atoms with van der Waals surface area (Å²) < 4.78 is 43.1. The van der Waals surface area contributed by atoms with Gasteiger partial charge in [-0.2, -0.15) is 0 Å². The zero-order valence-corrected chi connectivity index (χ0v) is 20.2. The van der Waals surface area contributed by atoms with E-state index in [1.807, 2.05) is 18.2 Å². The number of fused-ring (bicyclic) bond motifs is 1. The van der Waals surface area contributed by atoms with Gasteiger partial charge in [0.25, 0.3) is 10.0 Å². The van der Waals surface area contributed by atoms with Crippen molar-refractivity contribution in [2.24, 2.45) is 0 Å². The second kappa shape index (κ2) is 11.0. The Bertz CT molecular complexity index is 1450. The summed E-state index contributed by atoms with van der Waals surface area (Å²) in [6.45, 7) is -0.229. The van der Waals surface area contributed by atoms with Crippen molar-refractivity contribution in [3.8, 4) is 5.75 Å². The molecule has 36 heavy (non-hydrogen) atoms. The van der Waals surface area contributed by atoms with Crippen LogP contribution in [0.2, 0.25) is 0 Å². The molecule has 0 aliphatic rings. The highest BCUT2D eigenvalue weighted by Gasteiger charge is 2.24. The minimum atomic E-state index is -3.82. The van der Waals surface area contributed by atoms with Gasteiger partial charge in [0, 0.05) is 11.6 Å². The number of methoxy groups -OCH3 is 1. The van der Waals surface area contributed by atoms with Crippen molar-refractivity contribution in [3.63, 3.8) is 0 Å². The first-order valence-electron chi connectivity index (χ1n) is 11.0. The lowest BCUT2D eigenvalue weighted by Gasteiger charge is -2.17. The summed E-state index contributed by atoms with van der Waals surface area (Å²) in [6.07, 6.45) is 0.632. The third-order valence-corrected chi connectivity index (χ3v) is 7.06. The molecule has 1 atom stereocenters. The zero-order valence-electron chi connectivity index (χ0n) is 19.4. The minimum absolute atomic E-state index is 0.0319. The molecular formula is C26H24N2O7S. The van der Waals surface area contributed by atoms with Gasteiger partial charge in [0.05, 0.1) is 17.5 Å². The predicted molar refractivity (Wildman–Crippen MR) is 132 cm³/mol. The molecule has 0 unspecified atom stereocenters. The van der Waals surface area contributed by atoms with E-state index in [-0.39, 0.29) is 18.1 Å². The van der Waals surface area contributed by atoms with Crippen molar-refractivity contribution in [1.82, 2.24) is 9.29 Å². The number of ether oxygens (including phenoxy) is 3. The maximum absolute atomic E-state index is 13.1. The Morgan fingerprint density at radius 2 is 1.61 bits per heavy atom. The van der Waals surface area contributed by atoms with Crippen LogP contribution in [0.25, 0.3) is 10.9 Å². The van der Waals surface area contributed by atoms with Gasteiger partial charge < -0.3 is 19.5 Å². The van der Waals surface area contributed by atoms with Crippen molar-refractivity contribution in [3.05, 3.63) is 96.7 Å². The van der Waals surface area contributed by atoms with Crippen LogP contribution in [-0.2, 0) is 30.9 Å². The van der Waals surface area contributed by atoms with Crippen LogP contribution >= 0.6 is 0 Å². The van der Waals surface area contributed by atoms with Crippen molar-refractivity contribution in [2.45, 2.75) is 17.5 Å². The van der Waals surface area contributed by atoms with E-state index in [9.17, 15) is 18.0 Å².